The fraction of sp³-hybridized carbons (Fsp3) is 0.692. The summed E-state index contributed by atoms with van der Waals surface area (Å²) in [6, 6.07) is 6.49. The minimum absolute atomic E-state index is 0. The summed E-state index contributed by atoms with van der Waals surface area (Å²) in [6.45, 7) is 25.9. The van der Waals surface area contributed by atoms with Crippen LogP contribution in [-0.2, 0) is 5.41 Å². The van der Waals surface area contributed by atoms with Crippen molar-refractivity contribution in [2.75, 3.05) is 13.1 Å². The SMILES string of the molecule is C.CC(C)(C)C1=NCCN1.CC(C)C.CC(C)c1ccc2nc(C(C)(C)C)[nH]c2c1. The largest absolute Gasteiger partial charge is 0.372 e. The molecule has 0 atom stereocenters. The first kappa shape index (κ1) is 28.2. The molecule has 4 nitrogen and oxygen atoms in total. The van der Waals surface area contributed by atoms with Crippen LogP contribution in [0.2, 0.25) is 0 Å². The number of imidazole rings is 1. The van der Waals surface area contributed by atoms with E-state index in [4.69, 9.17) is 0 Å². The molecule has 1 aliphatic rings. The van der Waals surface area contributed by atoms with Gasteiger partial charge in [-0.2, -0.15) is 0 Å². The molecular formula is C26H48N4. The van der Waals surface area contributed by atoms with Crippen molar-refractivity contribution in [2.24, 2.45) is 16.3 Å². The minimum atomic E-state index is 0. The quantitative estimate of drug-likeness (QED) is 0.512. The summed E-state index contributed by atoms with van der Waals surface area (Å²) in [5.74, 6) is 3.61. The molecule has 3 rings (SSSR count). The van der Waals surface area contributed by atoms with Crippen LogP contribution in [0.25, 0.3) is 11.0 Å². The van der Waals surface area contributed by atoms with Crippen LogP contribution in [0.5, 0.6) is 0 Å². The average molecular weight is 417 g/mol. The Kier molecular flexibility index (Phi) is 10.8. The molecule has 1 aliphatic heterocycles. The summed E-state index contributed by atoms with van der Waals surface area (Å²) >= 11 is 0. The Bertz CT molecular complexity index is 781. The lowest BCUT2D eigenvalue weighted by Gasteiger charge is -2.18. The molecule has 0 spiro atoms. The van der Waals surface area contributed by atoms with Gasteiger partial charge in [0.05, 0.1) is 17.6 Å². The van der Waals surface area contributed by atoms with Gasteiger partial charge in [0.25, 0.3) is 0 Å². The van der Waals surface area contributed by atoms with E-state index in [1.165, 1.54) is 5.56 Å². The molecular weight excluding hydrogens is 368 g/mol. The molecule has 2 heterocycles. The van der Waals surface area contributed by atoms with Crippen LogP contribution < -0.4 is 5.32 Å². The Morgan fingerprint density at radius 2 is 1.47 bits per heavy atom. The number of benzene rings is 1. The van der Waals surface area contributed by atoms with Crippen molar-refractivity contribution in [1.82, 2.24) is 15.3 Å². The van der Waals surface area contributed by atoms with Crippen LogP contribution in [0.15, 0.2) is 23.2 Å². The lowest BCUT2D eigenvalue weighted by molar-refractivity contribution is 0.554. The molecule has 0 saturated carbocycles. The zero-order valence-electron chi connectivity index (χ0n) is 20.7. The summed E-state index contributed by atoms with van der Waals surface area (Å²) in [7, 11) is 0. The van der Waals surface area contributed by atoms with Crippen molar-refractivity contribution < 1.29 is 0 Å². The lowest BCUT2D eigenvalue weighted by atomic mass is 9.95. The first-order valence-electron chi connectivity index (χ1n) is 11.0. The number of aromatic nitrogens is 2. The van der Waals surface area contributed by atoms with Crippen LogP contribution in [0.1, 0.15) is 101 Å². The maximum absolute atomic E-state index is 4.63. The van der Waals surface area contributed by atoms with E-state index in [0.29, 0.717) is 5.92 Å². The third kappa shape index (κ3) is 9.32. The third-order valence-corrected chi connectivity index (χ3v) is 4.27. The Morgan fingerprint density at radius 3 is 1.83 bits per heavy atom. The Morgan fingerprint density at radius 1 is 0.900 bits per heavy atom. The van der Waals surface area contributed by atoms with E-state index in [-0.39, 0.29) is 18.3 Å². The normalized spacial score (nSPS) is 13.7. The van der Waals surface area contributed by atoms with Gasteiger partial charge in [0.15, 0.2) is 0 Å². The van der Waals surface area contributed by atoms with Crippen molar-refractivity contribution in [3.05, 3.63) is 29.6 Å². The molecule has 0 fully saturated rings. The van der Waals surface area contributed by atoms with Crippen molar-refractivity contribution in [1.29, 1.82) is 0 Å². The number of aromatic amines is 1. The van der Waals surface area contributed by atoms with Gasteiger partial charge in [0.2, 0.25) is 0 Å². The van der Waals surface area contributed by atoms with Crippen LogP contribution >= 0.6 is 0 Å². The van der Waals surface area contributed by atoms with Gasteiger partial charge in [-0.15, -0.1) is 0 Å². The summed E-state index contributed by atoms with van der Waals surface area (Å²) in [6.07, 6.45) is 0. The number of aliphatic imine (C=N–C) groups is 1. The molecule has 0 saturated heterocycles. The molecule has 1 aromatic carbocycles. The van der Waals surface area contributed by atoms with Crippen LogP contribution in [0.4, 0.5) is 0 Å². The van der Waals surface area contributed by atoms with Gasteiger partial charge < -0.3 is 10.3 Å². The van der Waals surface area contributed by atoms with Crippen LogP contribution in [0, 0.1) is 11.3 Å². The second-order valence-electron chi connectivity index (χ2n) is 10.9. The molecule has 0 unspecified atom stereocenters. The molecule has 4 heteroatoms. The summed E-state index contributed by atoms with van der Waals surface area (Å²) in [4.78, 5) is 12.4. The highest BCUT2D eigenvalue weighted by Crippen LogP contribution is 2.25. The first-order chi connectivity index (χ1) is 13.2. The molecule has 2 aromatic rings. The van der Waals surface area contributed by atoms with Crippen molar-refractivity contribution in [3.8, 4) is 0 Å². The number of amidine groups is 1. The molecule has 0 amide bonds. The molecule has 2 N–H and O–H groups in total. The van der Waals surface area contributed by atoms with Gasteiger partial charge in [-0.25, -0.2) is 4.98 Å². The molecule has 30 heavy (non-hydrogen) atoms. The van der Waals surface area contributed by atoms with Crippen LogP contribution in [0.3, 0.4) is 0 Å². The molecule has 0 aliphatic carbocycles. The van der Waals surface area contributed by atoms with E-state index < -0.39 is 0 Å². The van der Waals surface area contributed by atoms with E-state index in [2.05, 4.69) is 115 Å². The second kappa shape index (κ2) is 11.5. The number of hydrogen-bond donors (Lipinski definition) is 2. The fourth-order valence-corrected chi connectivity index (χ4v) is 2.64. The zero-order chi connectivity index (χ0) is 22.4. The van der Waals surface area contributed by atoms with Crippen molar-refractivity contribution >= 4 is 16.9 Å². The van der Waals surface area contributed by atoms with Gasteiger partial charge in [0, 0.05) is 17.4 Å². The highest BCUT2D eigenvalue weighted by molar-refractivity contribution is 5.88. The molecule has 172 valence electrons. The molecule has 0 radical (unpaired) electrons. The number of fused-ring (bicyclic) bond motifs is 1. The number of rotatable bonds is 1. The van der Waals surface area contributed by atoms with Gasteiger partial charge in [-0.3, -0.25) is 4.99 Å². The van der Waals surface area contributed by atoms with Crippen molar-refractivity contribution in [2.45, 2.75) is 94.9 Å². The fourth-order valence-electron chi connectivity index (χ4n) is 2.64. The minimum Gasteiger partial charge on any atom is -0.372 e. The third-order valence-electron chi connectivity index (χ3n) is 4.27. The summed E-state index contributed by atoms with van der Waals surface area (Å²) in [5.41, 5.74) is 3.87. The average Bonchev–Trinajstić information content (AvgIpc) is 3.23. The summed E-state index contributed by atoms with van der Waals surface area (Å²) < 4.78 is 0. The number of nitrogens with one attached hydrogen (secondary N) is 2. The van der Waals surface area contributed by atoms with Crippen LogP contribution in [-0.4, -0.2) is 28.9 Å². The standard InChI is InChI=1S/C14H20N2.C7H14N2.C4H10.CH4/c1-9(2)10-6-7-11-12(8-10)16-13(15-11)14(3,4)5;1-7(2,3)6-8-4-5-9-6;1-4(2)3;/h6-9H,1-5H3,(H,15,16);4-5H2,1-3H3,(H,8,9);4H,1-3H3;1H4. The van der Waals surface area contributed by atoms with E-state index in [1.807, 2.05) is 0 Å². The Labute approximate surface area is 186 Å². The van der Waals surface area contributed by atoms with Crippen molar-refractivity contribution in [3.63, 3.8) is 0 Å². The maximum Gasteiger partial charge on any atom is 0.112 e. The number of hydrogen-bond acceptors (Lipinski definition) is 3. The topological polar surface area (TPSA) is 53.1 Å². The van der Waals surface area contributed by atoms with Gasteiger partial charge >= 0.3 is 0 Å². The smallest absolute Gasteiger partial charge is 0.112 e. The monoisotopic (exact) mass is 416 g/mol. The number of nitrogens with zero attached hydrogens (tertiary/aromatic N) is 2. The lowest BCUT2D eigenvalue weighted by Crippen LogP contribution is -2.31. The summed E-state index contributed by atoms with van der Waals surface area (Å²) in [5, 5.41) is 3.25. The Balaban J connectivity index is 0.000000510. The van der Waals surface area contributed by atoms with E-state index in [9.17, 15) is 0 Å². The van der Waals surface area contributed by atoms with E-state index >= 15 is 0 Å². The van der Waals surface area contributed by atoms with Gasteiger partial charge in [-0.05, 0) is 29.5 Å². The first-order valence-corrected chi connectivity index (χ1v) is 11.0. The predicted octanol–water partition coefficient (Wildman–Crippen LogP) is 7.32. The Hall–Kier alpha value is -1.84. The van der Waals surface area contributed by atoms with Gasteiger partial charge in [0.1, 0.15) is 11.7 Å². The predicted molar refractivity (Wildman–Crippen MR) is 136 cm³/mol. The van der Waals surface area contributed by atoms with E-state index in [0.717, 1.165) is 41.7 Å². The van der Waals surface area contributed by atoms with E-state index in [1.54, 1.807) is 0 Å². The number of H-pyrrole nitrogens is 1. The molecule has 0 bridgehead atoms. The highest BCUT2D eigenvalue weighted by Gasteiger charge is 2.20. The second-order valence-corrected chi connectivity index (χ2v) is 10.9. The van der Waals surface area contributed by atoms with Gasteiger partial charge in [-0.1, -0.05) is 89.7 Å². The maximum atomic E-state index is 4.63. The zero-order valence-corrected chi connectivity index (χ0v) is 20.7. The molecule has 1 aromatic heterocycles. The highest BCUT2D eigenvalue weighted by atomic mass is 15.1.